The summed E-state index contributed by atoms with van der Waals surface area (Å²) in [6.45, 7) is 5.35. The first-order valence-corrected chi connectivity index (χ1v) is 14.4. The number of carbonyl (C=O) groups is 1. The molecular formula is C36H44O2. The van der Waals surface area contributed by atoms with Crippen molar-refractivity contribution < 1.29 is 9.53 Å². The first-order chi connectivity index (χ1) is 18.7. The number of hydrogen-bond donors (Lipinski definition) is 0. The molecule has 0 unspecified atom stereocenters. The Morgan fingerprint density at radius 3 is 1.82 bits per heavy atom. The van der Waals surface area contributed by atoms with E-state index in [1.807, 2.05) is 42.5 Å². The largest absolute Gasteiger partial charge is 0.377 e. The molecule has 0 saturated heterocycles. The van der Waals surface area contributed by atoms with Gasteiger partial charge in [-0.2, -0.15) is 0 Å². The van der Waals surface area contributed by atoms with Crippen LogP contribution in [0.4, 0.5) is 0 Å². The number of ether oxygens (including phenoxy) is 1. The first kappa shape index (κ1) is 29.3. The molecule has 200 valence electrons. The third-order valence-corrected chi connectivity index (χ3v) is 6.95. The van der Waals surface area contributed by atoms with Gasteiger partial charge in [-0.15, -0.1) is 0 Å². The van der Waals surface area contributed by atoms with E-state index in [9.17, 15) is 4.79 Å². The monoisotopic (exact) mass is 508 g/mol. The molecule has 0 saturated carbocycles. The number of aryl methyl sites for hydroxylation is 1. The minimum atomic E-state index is 0.0434. The number of hydrogen-bond acceptors (Lipinski definition) is 2. The van der Waals surface area contributed by atoms with Crippen molar-refractivity contribution in [3.05, 3.63) is 119 Å². The molecule has 3 aromatic carbocycles. The van der Waals surface area contributed by atoms with E-state index in [4.69, 9.17) is 4.74 Å². The Bertz CT molecular complexity index is 1080. The van der Waals surface area contributed by atoms with Crippen LogP contribution in [-0.4, -0.2) is 12.4 Å². The molecule has 0 aromatic heterocycles. The van der Waals surface area contributed by atoms with E-state index in [0.29, 0.717) is 6.61 Å². The summed E-state index contributed by atoms with van der Waals surface area (Å²) >= 11 is 0. The fourth-order valence-electron chi connectivity index (χ4n) is 4.55. The smallest absolute Gasteiger partial charge is 0.185 e. The molecule has 2 heteroatoms. The lowest BCUT2D eigenvalue weighted by atomic mass is 10.0. The lowest BCUT2D eigenvalue weighted by Crippen LogP contribution is -1.95. The second kappa shape index (κ2) is 18.1. The van der Waals surface area contributed by atoms with E-state index in [1.54, 1.807) is 6.08 Å². The van der Waals surface area contributed by atoms with Crippen LogP contribution in [0.5, 0.6) is 0 Å². The molecule has 0 radical (unpaired) electrons. The van der Waals surface area contributed by atoms with Gasteiger partial charge in [0.2, 0.25) is 0 Å². The predicted molar refractivity (Wildman–Crippen MR) is 162 cm³/mol. The van der Waals surface area contributed by atoms with Crippen LogP contribution in [-0.2, 0) is 17.8 Å². The molecule has 3 aromatic rings. The molecule has 0 spiro atoms. The maximum atomic E-state index is 12.2. The van der Waals surface area contributed by atoms with Crippen LogP contribution in [0.3, 0.4) is 0 Å². The number of benzene rings is 3. The normalized spacial score (nSPS) is 11.2. The highest BCUT2D eigenvalue weighted by atomic mass is 16.5. The summed E-state index contributed by atoms with van der Waals surface area (Å²) < 4.78 is 5.81. The van der Waals surface area contributed by atoms with E-state index >= 15 is 0 Å². The molecule has 0 amide bonds. The lowest BCUT2D eigenvalue weighted by molar-refractivity contribution is 0.104. The Hall–Kier alpha value is -3.23. The molecule has 0 bridgehead atoms. The van der Waals surface area contributed by atoms with E-state index < -0.39 is 0 Å². The van der Waals surface area contributed by atoms with Crippen LogP contribution in [0.2, 0.25) is 0 Å². The Labute approximate surface area is 230 Å². The fourth-order valence-corrected chi connectivity index (χ4v) is 4.55. The summed E-state index contributed by atoms with van der Waals surface area (Å²) in [5, 5.41) is 0. The topological polar surface area (TPSA) is 26.3 Å². The van der Waals surface area contributed by atoms with Gasteiger partial charge in [-0.25, -0.2) is 0 Å². The van der Waals surface area contributed by atoms with Gasteiger partial charge in [0.15, 0.2) is 5.78 Å². The molecule has 0 N–H and O–H groups in total. The van der Waals surface area contributed by atoms with Crippen LogP contribution in [0.1, 0.15) is 96.8 Å². The number of allylic oxidation sites excluding steroid dienone is 1. The third kappa shape index (κ3) is 11.9. The second-order valence-corrected chi connectivity index (χ2v) is 10.1. The molecule has 38 heavy (non-hydrogen) atoms. The molecule has 0 aliphatic rings. The van der Waals surface area contributed by atoms with Gasteiger partial charge in [0.05, 0.1) is 6.61 Å². The van der Waals surface area contributed by atoms with Gasteiger partial charge in [0.1, 0.15) is 0 Å². The average Bonchev–Trinajstić information content (AvgIpc) is 2.97. The average molecular weight is 509 g/mol. The van der Waals surface area contributed by atoms with Crippen molar-refractivity contribution in [2.75, 3.05) is 6.61 Å². The lowest BCUT2D eigenvalue weighted by Gasteiger charge is -2.06. The van der Waals surface area contributed by atoms with Crippen LogP contribution in [0.15, 0.2) is 91.5 Å². The highest BCUT2D eigenvalue weighted by Crippen LogP contribution is 2.14. The number of carbonyl (C=O) groups excluding carboxylic acids is 1. The molecule has 2 nitrogen and oxygen atoms in total. The van der Waals surface area contributed by atoms with Crippen molar-refractivity contribution in [3.8, 4) is 0 Å². The molecular weight excluding hydrogens is 464 g/mol. The SMILES string of the molecule is C=Cc1ccc(COCCCCCCCCCCCCc2ccc(C=CC(=O)c3ccccc3)cc2)cc1. The van der Waals surface area contributed by atoms with Crippen molar-refractivity contribution >= 4 is 17.9 Å². The second-order valence-electron chi connectivity index (χ2n) is 10.1. The molecule has 0 aliphatic heterocycles. The van der Waals surface area contributed by atoms with Gasteiger partial charge < -0.3 is 4.74 Å². The number of unbranched alkanes of at least 4 members (excludes halogenated alkanes) is 9. The van der Waals surface area contributed by atoms with E-state index in [0.717, 1.165) is 36.1 Å². The molecule has 3 rings (SSSR count). The maximum Gasteiger partial charge on any atom is 0.185 e. The Morgan fingerprint density at radius 1 is 0.632 bits per heavy atom. The van der Waals surface area contributed by atoms with E-state index in [1.165, 1.54) is 68.9 Å². The molecule has 0 heterocycles. The number of ketones is 1. The van der Waals surface area contributed by atoms with Gasteiger partial charge in [-0.1, -0.05) is 149 Å². The Morgan fingerprint density at radius 2 is 1.18 bits per heavy atom. The molecule has 0 fully saturated rings. The van der Waals surface area contributed by atoms with Crippen molar-refractivity contribution in [1.29, 1.82) is 0 Å². The fraction of sp³-hybridized carbons (Fsp3) is 0.361. The predicted octanol–water partition coefficient (Wildman–Crippen LogP) is 9.89. The summed E-state index contributed by atoms with van der Waals surface area (Å²) in [5.74, 6) is 0.0434. The van der Waals surface area contributed by atoms with Crippen molar-refractivity contribution in [2.24, 2.45) is 0 Å². The van der Waals surface area contributed by atoms with Gasteiger partial charge in [-0.3, -0.25) is 4.79 Å². The van der Waals surface area contributed by atoms with Gasteiger partial charge >= 0.3 is 0 Å². The van der Waals surface area contributed by atoms with E-state index in [2.05, 4.69) is 55.1 Å². The van der Waals surface area contributed by atoms with Gasteiger partial charge in [-0.05, 0) is 47.6 Å². The highest BCUT2D eigenvalue weighted by molar-refractivity contribution is 6.06. The minimum Gasteiger partial charge on any atom is -0.377 e. The van der Waals surface area contributed by atoms with Crippen LogP contribution >= 0.6 is 0 Å². The molecule has 0 aliphatic carbocycles. The zero-order chi connectivity index (χ0) is 26.7. The molecule has 0 atom stereocenters. The van der Waals surface area contributed by atoms with Crippen molar-refractivity contribution in [2.45, 2.75) is 77.2 Å². The quantitative estimate of drug-likeness (QED) is 0.0915. The van der Waals surface area contributed by atoms with Gasteiger partial charge in [0, 0.05) is 12.2 Å². The Balaban J connectivity index is 1.12. The third-order valence-electron chi connectivity index (χ3n) is 6.95. The summed E-state index contributed by atoms with van der Waals surface area (Å²) in [6.07, 6.45) is 19.6. The maximum absolute atomic E-state index is 12.2. The van der Waals surface area contributed by atoms with Crippen molar-refractivity contribution in [1.82, 2.24) is 0 Å². The summed E-state index contributed by atoms with van der Waals surface area (Å²) in [4.78, 5) is 12.2. The standard InChI is InChI=1S/C36H44O2/c1-2-31-19-25-34(26-20-31)30-38-29-15-10-8-6-4-3-5-7-9-12-16-32-21-23-33(24-22-32)27-28-36(37)35-17-13-11-14-18-35/h2,11,13-14,17-28H,1,3-10,12,15-16,29-30H2. The summed E-state index contributed by atoms with van der Waals surface area (Å²) in [5.41, 5.74) is 5.56. The Kier molecular flexibility index (Phi) is 14.0. The van der Waals surface area contributed by atoms with Crippen LogP contribution in [0.25, 0.3) is 12.2 Å². The number of rotatable bonds is 19. The van der Waals surface area contributed by atoms with Crippen LogP contribution in [0, 0.1) is 0 Å². The zero-order valence-electron chi connectivity index (χ0n) is 23.0. The summed E-state index contributed by atoms with van der Waals surface area (Å²) in [7, 11) is 0. The van der Waals surface area contributed by atoms with Crippen LogP contribution < -0.4 is 0 Å². The first-order valence-electron chi connectivity index (χ1n) is 14.4. The highest BCUT2D eigenvalue weighted by Gasteiger charge is 2.00. The zero-order valence-corrected chi connectivity index (χ0v) is 23.0. The van der Waals surface area contributed by atoms with Crippen molar-refractivity contribution in [3.63, 3.8) is 0 Å². The summed E-state index contributed by atoms with van der Waals surface area (Å²) in [6, 6.07) is 26.4. The van der Waals surface area contributed by atoms with Gasteiger partial charge in [0.25, 0.3) is 0 Å². The van der Waals surface area contributed by atoms with E-state index in [-0.39, 0.29) is 5.78 Å². The minimum absolute atomic E-state index is 0.0434.